The summed E-state index contributed by atoms with van der Waals surface area (Å²) in [5.41, 5.74) is 1.38. The van der Waals surface area contributed by atoms with E-state index in [0.29, 0.717) is 17.2 Å². The molecule has 0 aliphatic rings. The minimum absolute atomic E-state index is 0.180. The van der Waals surface area contributed by atoms with Crippen LogP contribution < -0.4 is 5.32 Å². The van der Waals surface area contributed by atoms with Gasteiger partial charge in [0, 0.05) is 12.8 Å². The fourth-order valence-corrected chi connectivity index (χ4v) is 3.35. The number of thiophene rings is 1. The summed E-state index contributed by atoms with van der Waals surface area (Å²) in [4.78, 5) is 24.6. The van der Waals surface area contributed by atoms with Crippen LogP contribution >= 0.6 is 11.3 Å². The van der Waals surface area contributed by atoms with E-state index in [0.717, 1.165) is 23.3 Å². The van der Waals surface area contributed by atoms with Crippen LogP contribution in [0.15, 0.2) is 53.9 Å². The summed E-state index contributed by atoms with van der Waals surface area (Å²) < 4.78 is 37.3. The van der Waals surface area contributed by atoms with Gasteiger partial charge in [-0.2, -0.15) is 0 Å². The number of carbonyl (C=O) groups is 2. The second kappa shape index (κ2) is 9.40. The summed E-state index contributed by atoms with van der Waals surface area (Å²) in [6.07, 6.45) is 0. The predicted octanol–water partition coefficient (Wildman–Crippen LogP) is 4.75. The fraction of sp³-hybridized carbons (Fsp3) is 0.143. The molecule has 1 heterocycles. The van der Waals surface area contributed by atoms with E-state index in [9.17, 15) is 18.4 Å². The summed E-state index contributed by atoms with van der Waals surface area (Å²) in [7, 11) is 1.52. The predicted molar refractivity (Wildman–Crippen MR) is 106 cm³/mol. The second-order valence-electron chi connectivity index (χ2n) is 5.96. The Balaban J connectivity index is 1.68. The number of nitrogens with one attached hydrogen (secondary N) is 1. The number of hydrogen-bond acceptors (Lipinski definition) is 5. The van der Waals surface area contributed by atoms with Crippen molar-refractivity contribution >= 4 is 28.9 Å². The maximum Gasteiger partial charge on any atom is 0.348 e. The Bertz CT molecular complexity index is 998. The van der Waals surface area contributed by atoms with Crippen LogP contribution in [0.2, 0.25) is 0 Å². The molecule has 0 spiro atoms. The van der Waals surface area contributed by atoms with Gasteiger partial charge in [-0.1, -0.05) is 18.2 Å². The summed E-state index contributed by atoms with van der Waals surface area (Å²) >= 11 is 1.26. The average molecular weight is 417 g/mol. The molecule has 0 saturated carbocycles. The number of anilines is 1. The molecule has 0 saturated heterocycles. The van der Waals surface area contributed by atoms with Crippen LogP contribution in [0.5, 0.6) is 0 Å². The van der Waals surface area contributed by atoms with Gasteiger partial charge in [-0.25, -0.2) is 13.6 Å². The molecule has 2 aromatic carbocycles. The lowest BCUT2D eigenvalue weighted by Crippen LogP contribution is -2.15. The SMILES string of the molecule is COCCOC(=O)c1cc(-c2ccc(NC(=O)c3c(F)cccc3F)cc2)cs1. The van der Waals surface area contributed by atoms with Gasteiger partial charge in [0.25, 0.3) is 5.91 Å². The van der Waals surface area contributed by atoms with Gasteiger partial charge in [-0.15, -0.1) is 11.3 Å². The van der Waals surface area contributed by atoms with Crippen molar-refractivity contribution in [3.63, 3.8) is 0 Å². The van der Waals surface area contributed by atoms with Gasteiger partial charge in [0.2, 0.25) is 0 Å². The molecule has 5 nitrogen and oxygen atoms in total. The molecule has 3 aromatic rings. The number of carbonyl (C=O) groups excluding carboxylic acids is 2. The van der Waals surface area contributed by atoms with E-state index in [4.69, 9.17) is 9.47 Å². The normalized spacial score (nSPS) is 10.6. The topological polar surface area (TPSA) is 64.6 Å². The number of benzene rings is 2. The Labute approximate surface area is 169 Å². The van der Waals surface area contributed by atoms with E-state index < -0.39 is 29.1 Å². The Morgan fingerprint density at radius 1 is 1.00 bits per heavy atom. The Morgan fingerprint density at radius 2 is 1.69 bits per heavy atom. The zero-order valence-corrected chi connectivity index (χ0v) is 16.2. The molecule has 3 rings (SSSR count). The van der Waals surface area contributed by atoms with Crippen LogP contribution in [0.25, 0.3) is 11.1 Å². The van der Waals surface area contributed by atoms with Crippen LogP contribution in [0.3, 0.4) is 0 Å². The van der Waals surface area contributed by atoms with Crippen LogP contribution in [-0.2, 0) is 9.47 Å². The highest BCUT2D eigenvalue weighted by Gasteiger charge is 2.17. The molecular weight excluding hydrogens is 400 g/mol. The molecule has 8 heteroatoms. The van der Waals surface area contributed by atoms with Crippen LogP contribution in [0.1, 0.15) is 20.0 Å². The van der Waals surface area contributed by atoms with Crippen molar-refractivity contribution in [3.8, 4) is 11.1 Å². The number of ether oxygens (including phenoxy) is 2. The molecule has 29 heavy (non-hydrogen) atoms. The molecule has 0 fully saturated rings. The smallest absolute Gasteiger partial charge is 0.348 e. The maximum atomic E-state index is 13.7. The molecule has 0 unspecified atom stereocenters. The first-order valence-corrected chi connectivity index (χ1v) is 9.48. The summed E-state index contributed by atoms with van der Waals surface area (Å²) in [6.45, 7) is 0.507. The highest BCUT2D eigenvalue weighted by atomic mass is 32.1. The monoisotopic (exact) mass is 417 g/mol. The molecule has 0 bridgehead atoms. The minimum Gasteiger partial charge on any atom is -0.459 e. The van der Waals surface area contributed by atoms with Gasteiger partial charge in [0.15, 0.2) is 0 Å². The number of amides is 1. The molecule has 0 aliphatic heterocycles. The third-order valence-electron chi connectivity index (χ3n) is 3.99. The number of rotatable bonds is 7. The zero-order chi connectivity index (χ0) is 20.8. The molecule has 1 N–H and O–H groups in total. The van der Waals surface area contributed by atoms with Crippen molar-refractivity contribution < 1.29 is 27.8 Å². The Morgan fingerprint density at radius 3 is 2.34 bits per heavy atom. The first kappa shape index (κ1) is 20.6. The van der Waals surface area contributed by atoms with Crippen molar-refractivity contribution in [1.82, 2.24) is 0 Å². The Kier molecular flexibility index (Phi) is 6.69. The van der Waals surface area contributed by atoms with Crippen LogP contribution in [0.4, 0.5) is 14.5 Å². The average Bonchev–Trinajstić information content (AvgIpc) is 3.19. The van der Waals surface area contributed by atoms with Crippen LogP contribution in [0, 0.1) is 11.6 Å². The first-order chi connectivity index (χ1) is 14.0. The summed E-state index contributed by atoms with van der Waals surface area (Å²) in [6, 6.07) is 11.6. The van der Waals surface area contributed by atoms with E-state index in [1.54, 1.807) is 30.3 Å². The van der Waals surface area contributed by atoms with Gasteiger partial charge in [0.1, 0.15) is 28.7 Å². The van der Waals surface area contributed by atoms with Crippen molar-refractivity contribution in [2.24, 2.45) is 0 Å². The van der Waals surface area contributed by atoms with Crippen molar-refractivity contribution in [1.29, 1.82) is 0 Å². The molecule has 1 amide bonds. The largest absolute Gasteiger partial charge is 0.459 e. The number of halogens is 2. The molecule has 150 valence electrons. The lowest BCUT2D eigenvalue weighted by Gasteiger charge is -2.08. The molecule has 0 aliphatic carbocycles. The maximum absolute atomic E-state index is 13.7. The fourth-order valence-electron chi connectivity index (χ4n) is 2.54. The summed E-state index contributed by atoms with van der Waals surface area (Å²) in [5, 5.41) is 4.28. The molecule has 1 aromatic heterocycles. The van der Waals surface area contributed by atoms with Crippen molar-refractivity contribution in [2.45, 2.75) is 0 Å². The van der Waals surface area contributed by atoms with E-state index in [1.165, 1.54) is 24.5 Å². The second-order valence-corrected chi connectivity index (χ2v) is 6.87. The summed E-state index contributed by atoms with van der Waals surface area (Å²) in [5.74, 6) is -3.15. The first-order valence-electron chi connectivity index (χ1n) is 8.60. The van der Waals surface area contributed by atoms with Crippen molar-refractivity contribution in [3.05, 3.63) is 76.0 Å². The molecule has 0 radical (unpaired) electrons. The number of methoxy groups -OCH3 is 1. The number of esters is 1. The van der Waals surface area contributed by atoms with E-state index in [-0.39, 0.29) is 6.61 Å². The van der Waals surface area contributed by atoms with E-state index >= 15 is 0 Å². The minimum atomic E-state index is -0.928. The highest BCUT2D eigenvalue weighted by molar-refractivity contribution is 7.12. The van der Waals surface area contributed by atoms with Gasteiger partial charge in [-0.3, -0.25) is 4.79 Å². The lowest BCUT2D eigenvalue weighted by molar-refractivity contribution is 0.0393. The molecular formula is C21H17F2NO4S. The quantitative estimate of drug-likeness (QED) is 0.445. The van der Waals surface area contributed by atoms with E-state index in [1.807, 2.05) is 5.38 Å². The third kappa shape index (κ3) is 5.04. The highest BCUT2D eigenvalue weighted by Crippen LogP contribution is 2.27. The van der Waals surface area contributed by atoms with Gasteiger partial charge in [-0.05, 0) is 46.8 Å². The van der Waals surface area contributed by atoms with Gasteiger partial charge in [0.05, 0.1) is 6.61 Å². The lowest BCUT2D eigenvalue weighted by atomic mass is 10.1. The Hall–Kier alpha value is -3.10. The standard InChI is InChI=1S/C21H17F2NO4S/c1-27-9-10-28-21(26)18-11-14(12-29-18)13-5-7-15(8-6-13)24-20(25)19-16(22)3-2-4-17(19)23/h2-8,11-12H,9-10H2,1H3,(H,24,25). The van der Waals surface area contributed by atoms with E-state index in [2.05, 4.69) is 5.32 Å². The van der Waals surface area contributed by atoms with Crippen LogP contribution in [-0.4, -0.2) is 32.2 Å². The van der Waals surface area contributed by atoms with Crippen molar-refractivity contribution in [2.75, 3.05) is 25.6 Å². The zero-order valence-electron chi connectivity index (χ0n) is 15.4. The molecule has 0 atom stereocenters. The van der Waals surface area contributed by atoms with Gasteiger partial charge < -0.3 is 14.8 Å². The third-order valence-corrected chi connectivity index (χ3v) is 4.90. The number of hydrogen-bond donors (Lipinski definition) is 1. The van der Waals surface area contributed by atoms with Gasteiger partial charge >= 0.3 is 5.97 Å².